The molecule has 0 fully saturated rings. The van der Waals surface area contributed by atoms with Gasteiger partial charge < -0.3 is 24.1 Å². The molecule has 2 heterocycles. The standard InChI is InChI=1S/C20H26N4O3/c1-15-13-23(14-21-15)17-8-6-16(12-18(17)25)7-9-19-22-27-20(2,3)24(19)10-5-11-26-4/h6-9,12-14,25H,5,10-11H2,1-4H3/b9-7+. The molecule has 7 heteroatoms. The Hall–Kier alpha value is -2.80. The average Bonchev–Trinajstić information content (AvgIpc) is 3.17. The number of nitrogens with zero attached hydrogens (tertiary/aromatic N) is 4. The van der Waals surface area contributed by atoms with E-state index in [-0.39, 0.29) is 5.75 Å². The summed E-state index contributed by atoms with van der Waals surface area (Å²) in [6.45, 7) is 7.35. The lowest BCUT2D eigenvalue weighted by atomic mass is 10.1. The maximum atomic E-state index is 10.4. The number of methoxy groups -OCH3 is 1. The van der Waals surface area contributed by atoms with Gasteiger partial charge in [0, 0.05) is 26.5 Å². The van der Waals surface area contributed by atoms with Crippen LogP contribution in [0.4, 0.5) is 0 Å². The predicted molar refractivity (Wildman–Crippen MR) is 105 cm³/mol. The molecule has 0 radical (unpaired) electrons. The molecule has 27 heavy (non-hydrogen) atoms. The van der Waals surface area contributed by atoms with Gasteiger partial charge in [-0.05, 0) is 51.0 Å². The van der Waals surface area contributed by atoms with Gasteiger partial charge in [-0.15, -0.1) is 0 Å². The molecule has 0 amide bonds. The lowest BCUT2D eigenvalue weighted by molar-refractivity contribution is -0.0696. The normalized spacial score (nSPS) is 16.0. The Morgan fingerprint density at radius 3 is 2.78 bits per heavy atom. The van der Waals surface area contributed by atoms with Crippen LogP contribution >= 0.6 is 0 Å². The molecule has 0 aliphatic carbocycles. The summed E-state index contributed by atoms with van der Waals surface area (Å²) in [5.74, 6) is 0.946. The molecule has 0 unspecified atom stereocenters. The number of oxime groups is 1. The Labute approximate surface area is 159 Å². The topological polar surface area (TPSA) is 72.1 Å². The highest BCUT2D eigenvalue weighted by atomic mass is 16.7. The second-order valence-corrected chi connectivity index (χ2v) is 6.99. The van der Waals surface area contributed by atoms with Gasteiger partial charge in [0.1, 0.15) is 5.75 Å². The summed E-state index contributed by atoms with van der Waals surface area (Å²) in [6, 6.07) is 5.53. The monoisotopic (exact) mass is 370 g/mol. The summed E-state index contributed by atoms with van der Waals surface area (Å²) < 4.78 is 6.94. The van der Waals surface area contributed by atoms with Gasteiger partial charge in [-0.1, -0.05) is 17.3 Å². The van der Waals surface area contributed by atoms with Gasteiger partial charge in [-0.25, -0.2) is 4.98 Å². The van der Waals surface area contributed by atoms with Crippen LogP contribution in [0.5, 0.6) is 5.75 Å². The van der Waals surface area contributed by atoms with Crippen molar-refractivity contribution in [3.63, 3.8) is 0 Å². The van der Waals surface area contributed by atoms with E-state index in [4.69, 9.17) is 9.57 Å². The number of aromatic nitrogens is 2. The van der Waals surface area contributed by atoms with Crippen molar-refractivity contribution in [2.45, 2.75) is 32.9 Å². The van der Waals surface area contributed by atoms with Crippen molar-refractivity contribution in [2.24, 2.45) is 5.16 Å². The first kappa shape index (κ1) is 19.0. The SMILES string of the molecule is COCCCN1C(/C=C/c2ccc(-n3cnc(C)c3)c(O)c2)=NOC1(C)C. The second-order valence-electron chi connectivity index (χ2n) is 6.99. The maximum absolute atomic E-state index is 10.4. The Morgan fingerprint density at radius 2 is 2.11 bits per heavy atom. The molecule has 1 aliphatic heterocycles. The van der Waals surface area contributed by atoms with Crippen LogP contribution < -0.4 is 0 Å². The summed E-state index contributed by atoms with van der Waals surface area (Å²) in [6.07, 6.45) is 8.25. The quantitative estimate of drug-likeness (QED) is 0.757. The van der Waals surface area contributed by atoms with Crippen LogP contribution in [-0.4, -0.2) is 51.4 Å². The van der Waals surface area contributed by atoms with Gasteiger partial charge in [0.05, 0.1) is 17.7 Å². The van der Waals surface area contributed by atoms with E-state index in [2.05, 4.69) is 15.0 Å². The van der Waals surface area contributed by atoms with Crippen molar-refractivity contribution in [1.29, 1.82) is 0 Å². The van der Waals surface area contributed by atoms with E-state index in [9.17, 15) is 5.11 Å². The number of phenolic OH excluding ortho intramolecular Hbond substituents is 1. The third-order valence-corrected chi connectivity index (χ3v) is 4.43. The molecule has 1 aliphatic rings. The van der Waals surface area contributed by atoms with Gasteiger partial charge in [-0.3, -0.25) is 0 Å². The van der Waals surface area contributed by atoms with Crippen LogP contribution in [0.25, 0.3) is 11.8 Å². The molecule has 1 aromatic carbocycles. The van der Waals surface area contributed by atoms with Gasteiger partial charge in [0.2, 0.25) is 5.72 Å². The van der Waals surface area contributed by atoms with Crippen LogP contribution in [0.15, 0.2) is 42.0 Å². The zero-order chi connectivity index (χ0) is 19.4. The third-order valence-electron chi connectivity index (χ3n) is 4.43. The number of rotatable bonds is 7. The van der Waals surface area contributed by atoms with Crippen molar-refractivity contribution in [3.8, 4) is 11.4 Å². The minimum atomic E-state index is -0.487. The number of aromatic hydroxyl groups is 1. The van der Waals surface area contributed by atoms with Crippen LogP contribution in [0, 0.1) is 6.92 Å². The summed E-state index contributed by atoms with van der Waals surface area (Å²) >= 11 is 0. The Morgan fingerprint density at radius 1 is 1.30 bits per heavy atom. The van der Waals surface area contributed by atoms with E-state index < -0.39 is 5.72 Å². The van der Waals surface area contributed by atoms with E-state index in [1.807, 2.05) is 51.3 Å². The molecular formula is C20H26N4O3. The zero-order valence-electron chi connectivity index (χ0n) is 16.2. The lowest BCUT2D eigenvalue weighted by Crippen LogP contribution is -2.44. The van der Waals surface area contributed by atoms with Crippen LogP contribution in [0.3, 0.4) is 0 Å². The summed E-state index contributed by atoms with van der Waals surface area (Å²) in [4.78, 5) is 11.8. The first-order valence-electron chi connectivity index (χ1n) is 8.95. The molecule has 0 spiro atoms. The molecule has 1 N–H and O–H groups in total. The summed E-state index contributed by atoms with van der Waals surface area (Å²) in [5, 5.41) is 14.6. The Bertz CT molecular complexity index is 855. The Balaban J connectivity index is 1.74. The highest BCUT2D eigenvalue weighted by Gasteiger charge is 2.35. The minimum Gasteiger partial charge on any atom is -0.506 e. The molecule has 0 bridgehead atoms. The first-order chi connectivity index (χ1) is 12.9. The van der Waals surface area contributed by atoms with E-state index in [1.54, 1.807) is 24.1 Å². The fraction of sp³-hybridized carbons (Fsp3) is 0.400. The first-order valence-corrected chi connectivity index (χ1v) is 8.95. The van der Waals surface area contributed by atoms with Gasteiger partial charge in [0.15, 0.2) is 5.84 Å². The van der Waals surface area contributed by atoms with Crippen molar-refractivity contribution in [1.82, 2.24) is 14.5 Å². The molecule has 2 aromatic rings. The number of phenols is 1. The largest absolute Gasteiger partial charge is 0.506 e. The third kappa shape index (κ3) is 4.31. The number of ether oxygens (including phenoxy) is 1. The number of amidine groups is 1. The Kier molecular flexibility index (Phi) is 5.51. The molecule has 7 nitrogen and oxygen atoms in total. The maximum Gasteiger partial charge on any atom is 0.205 e. The lowest BCUT2D eigenvalue weighted by Gasteiger charge is -2.30. The number of benzene rings is 1. The van der Waals surface area contributed by atoms with Gasteiger partial charge >= 0.3 is 0 Å². The van der Waals surface area contributed by atoms with Crippen molar-refractivity contribution < 1.29 is 14.7 Å². The number of imidazole rings is 1. The molecular weight excluding hydrogens is 344 g/mol. The van der Waals surface area contributed by atoms with Crippen molar-refractivity contribution in [3.05, 3.63) is 48.1 Å². The van der Waals surface area contributed by atoms with E-state index in [0.717, 1.165) is 30.1 Å². The minimum absolute atomic E-state index is 0.191. The summed E-state index contributed by atoms with van der Waals surface area (Å²) in [5.41, 5.74) is 1.97. The van der Waals surface area contributed by atoms with E-state index in [1.165, 1.54) is 0 Å². The molecule has 1 aromatic heterocycles. The molecule has 3 rings (SSSR count). The molecule has 144 valence electrons. The molecule has 0 saturated heterocycles. The van der Waals surface area contributed by atoms with E-state index in [0.29, 0.717) is 12.3 Å². The van der Waals surface area contributed by atoms with Gasteiger partial charge in [0.25, 0.3) is 0 Å². The average molecular weight is 370 g/mol. The van der Waals surface area contributed by atoms with Crippen LogP contribution in [-0.2, 0) is 9.57 Å². The van der Waals surface area contributed by atoms with E-state index >= 15 is 0 Å². The van der Waals surface area contributed by atoms with Crippen LogP contribution in [0.2, 0.25) is 0 Å². The van der Waals surface area contributed by atoms with Gasteiger partial charge in [-0.2, -0.15) is 0 Å². The fourth-order valence-electron chi connectivity index (χ4n) is 2.99. The van der Waals surface area contributed by atoms with Crippen molar-refractivity contribution in [2.75, 3.05) is 20.3 Å². The van der Waals surface area contributed by atoms with Crippen molar-refractivity contribution >= 4 is 11.9 Å². The number of hydrogen-bond acceptors (Lipinski definition) is 6. The molecule has 0 atom stereocenters. The fourth-order valence-corrected chi connectivity index (χ4v) is 2.99. The number of hydrogen-bond donors (Lipinski definition) is 1. The predicted octanol–water partition coefficient (Wildman–Crippen LogP) is 3.32. The van der Waals surface area contributed by atoms with Crippen LogP contribution in [0.1, 0.15) is 31.5 Å². The highest BCUT2D eigenvalue weighted by Crippen LogP contribution is 2.26. The second kappa shape index (κ2) is 7.84. The smallest absolute Gasteiger partial charge is 0.205 e. The molecule has 0 saturated carbocycles. The zero-order valence-corrected chi connectivity index (χ0v) is 16.2. The number of aryl methyl sites for hydroxylation is 1. The summed E-state index contributed by atoms with van der Waals surface area (Å²) in [7, 11) is 1.70. The highest BCUT2D eigenvalue weighted by molar-refractivity contribution is 5.97.